The number of thioether (sulfide) groups is 1. The highest BCUT2D eigenvalue weighted by Crippen LogP contribution is 2.27. The molecule has 2 N–H and O–H groups in total. The van der Waals surface area contributed by atoms with E-state index in [4.69, 9.17) is 0 Å². The van der Waals surface area contributed by atoms with E-state index in [9.17, 15) is 13.2 Å². The molecule has 3 rings (SSSR count). The molecule has 0 aromatic heterocycles. The van der Waals surface area contributed by atoms with Crippen LogP contribution >= 0.6 is 11.8 Å². The van der Waals surface area contributed by atoms with E-state index in [1.807, 2.05) is 42.7 Å². The monoisotopic (exact) mass is 482 g/mol. The highest BCUT2D eigenvalue weighted by molar-refractivity contribution is 7.98. The van der Waals surface area contributed by atoms with Gasteiger partial charge in [-0.05, 0) is 48.1 Å². The molecule has 0 aliphatic carbocycles. The molecule has 0 aliphatic rings. The summed E-state index contributed by atoms with van der Waals surface area (Å²) in [5.74, 6) is 0.508. The summed E-state index contributed by atoms with van der Waals surface area (Å²) < 4.78 is 28.1. The van der Waals surface area contributed by atoms with Gasteiger partial charge in [-0.2, -0.15) is 16.5 Å². The van der Waals surface area contributed by atoms with E-state index in [0.29, 0.717) is 25.1 Å². The van der Waals surface area contributed by atoms with E-state index in [1.165, 1.54) is 23.3 Å². The molecule has 3 aromatic carbocycles. The number of carbonyl (C=O) groups is 1. The van der Waals surface area contributed by atoms with Gasteiger partial charge >= 0.3 is 0 Å². The van der Waals surface area contributed by atoms with Crippen LogP contribution in [0.3, 0.4) is 0 Å². The van der Waals surface area contributed by atoms with Gasteiger partial charge < -0.3 is 5.32 Å². The smallest absolute Gasteiger partial charge is 0.241 e. The van der Waals surface area contributed by atoms with Crippen molar-refractivity contribution in [1.29, 1.82) is 0 Å². The molecule has 0 saturated heterocycles. The van der Waals surface area contributed by atoms with Gasteiger partial charge in [0.05, 0.1) is 4.90 Å². The third kappa shape index (κ3) is 7.45. The van der Waals surface area contributed by atoms with Gasteiger partial charge in [-0.3, -0.25) is 4.79 Å². The van der Waals surface area contributed by atoms with Gasteiger partial charge in [0.25, 0.3) is 0 Å². The van der Waals surface area contributed by atoms with Crippen molar-refractivity contribution in [3.05, 3.63) is 102 Å². The fourth-order valence-corrected chi connectivity index (χ4v) is 5.42. The second kappa shape index (κ2) is 12.6. The second-order valence-corrected chi connectivity index (χ2v) is 10.4. The first-order chi connectivity index (χ1) is 16.0. The van der Waals surface area contributed by atoms with Crippen LogP contribution in [0.2, 0.25) is 0 Å². The molecule has 0 saturated carbocycles. The maximum Gasteiger partial charge on any atom is 0.241 e. The lowest BCUT2D eigenvalue weighted by molar-refractivity contribution is -0.122. The lowest BCUT2D eigenvalue weighted by Crippen LogP contribution is -2.47. The van der Waals surface area contributed by atoms with Gasteiger partial charge in [0.1, 0.15) is 6.04 Å². The Hall–Kier alpha value is -2.61. The fourth-order valence-electron chi connectivity index (χ4n) is 3.69. The Labute approximate surface area is 201 Å². The lowest BCUT2D eigenvalue weighted by atomic mass is 9.88. The zero-order valence-corrected chi connectivity index (χ0v) is 20.3. The summed E-state index contributed by atoms with van der Waals surface area (Å²) >= 11 is 1.58. The Balaban J connectivity index is 1.67. The van der Waals surface area contributed by atoms with Crippen molar-refractivity contribution in [2.24, 2.45) is 0 Å². The summed E-state index contributed by atoms with van der Waals surface area (Å²) in [5, 5.41) is 2.96. The van der Waals surface area contributed by atoms with Crippen molar-refractivity contribution in [2.75, 3.05) is 18.6 Å². The van der Waals surface area contributed by atoms with Crippen LogP contribution in [0.25, 0.3) is 0 Å². The normalized spacial score (nSPS) is 12.4. The summed E-state index contributed by atoms with van der Waals surface area (Å²) in [6.45, 7) is 0.441. The van der Waals surface area contributed by atoms with Gasteiger partial charge in [0.2, 0.25) is 15.9 Å². The number of amides is 1. The standard InChI is InChI=1S/C26H30N2O3S2/c1-32-20-18-25(28-33(30,31)23-15-9-4-10-16-23)26(29)27-19-17-24(21-11-5-2-6-12-21)22-13-7-3-8-14-22/h2-16,24-25,28H,17-20H2,1H3,(H,27,29). The van der Waals surface area contributed by atoms with Gasteiger partial charge in [0.15, 0.2) is 0 Å². The van der Waals surface area contributed by atoms with Gasteiger partial charge in [-0.25, -0.2) is 8.42 Å². The zero-order chi connectivity index (χ0) is 23.5. The molecule has 3 aromatic rings. The molecule has 5 nitrogen and oxygen atoms in total. The summed E-state index contributed by atoms with van der Waals surface area (Å²) in [6.07, 6.45) is 3.06. The van der Waals surface area contributed by atoms with Crippen LogP contribution in [0.1, 0.15) is 29.9 Å². The van der Waals surface area contributed by atoms with Gasteiger partial charge in [-0.1, -0.05) is 78.9 Å². The molecule has 0 spiro atoms. The van der Waals surface area contributed by atoms with Crippen molar-refractivity contribution in [3.63, 3.8) is 0 Å². The van der Waals surface area contributed by atoms with E-state index in [-0.39, 0.29) is 16.7 Å². The molecule has 0 heterocycles. The zero-order valence-electron chi connectivity index (χ0n) is 18.7. The molecule has 0 aliphatic heterocycles. The molecule has 1 unspecified atom stereocenters. The first-order valence-corrected chi connectivity index (χ1v) is 13.8. The largest absolute Gasteiger partial charge is 0.355 e. The summed E-state index contributed by atoms with van der Waals surface area (Å²) in [4.78, 5) is 13.1. The number of hydrogen-bond donors (Lipinski definition) is 2. The first-order valence-electron chi connectivity index (χ1n) is 10.9. The Kier molecular flexibility index (Phi) is 9.54. The van der Waals surface area contributed by atoms with Crippen LogP contribution in [0.5, 0.6) is 0 Å². The number of benzene rings is 3. The Morgan fingerprint density at radius 2 is 1.33 bits per heavy atom. The SMILES string of the molecule is CSCCC(NS(=O)(=O)c1ccccc1)C(=O)NCCC(c1ccccc1)c1ccccc1. The molecule has 174 valence electrons. The van der Waals surface area contributed by atoms with Crippen molar-refractivity contribution >= 4 is 27.7 Å². The van der Waals surface area contributed by atoms with E-state index in [1.54, 1.807) is 30.0 Å². The molecular formula is C26H30N2O3S2. The van der Waals surface area contributed by atoms with Crippen LogP contribution < -0.4 is 10.0 Å². The Morgan fingerprint density at radius 3 is 1.85 bits per heavy atom. The Bertz CT molecular complexity index is 1050. The molecule has 0 radical (unpaired) electrons. The first kappa shape index (κ1) is 25.0. The molecule has 0 bridgehead atoms. The highest BCUT2D eigenvalue weighted by Gasteiger charge is 2.25. The molecular weight excluding hydrogens is 452 g/mol. The number of sulfonamides is 1. The van der Waals surface area contributed by atoms with Crippen LogP contribution in [-0.2, 0) is 14.8 Å². The Morgan fingerprint density at radius 1 is 0.818 bits per heavy atom. The minimum Gasteiger partial charge on any atom is -0.355 e. The predicted molar refractivity (Wildman–Crippen MR) is 136 cm³/mol. The molecule has 1 atom stereocenters. The van der Waals surface area contributed by atoms with Gasteiger partial charge in [0, 0.05) is 12.5 Å². The van der Waals surface area contributed by atoms with Crippen molar-refractivity contribution in [1.82, 2.24) is 10.0 Å². The van der Waals surface area contributed by atoms with Crippen LogP contribution in [-0.4, -0.2) is 38.9 Å². The molecule has 33 heavy (non-hydrogen) atoms. The lowest BCUT2D eigenvalue weighted by Gasteiger charge is -2.21. The van der Waals surface area contributed by atoms with Crippen molar-refractivity contribution in [3.8, 4) is 0 Å². The van der Waals surface area contributed by atoms with Crippen molar-refractivity contribution in [2.45, 2.75) is 29.7 Å². The average Bonchev–Trinajstić information content (AvgIpc) is 2.86. The van der Waals surface area contributed by atoms with Crippen LogP contribution in [0.4, 0.5) is 0 Å². The second-order valence-electron chi connectivity index (χ2n) is 7.72. The maximum atomic E-state index is 13.0. The molecule has 7 heteroatoms. The third-order valence-electron chi connectivity index (χ3n) is 5.41. The van der Waals surface area contributed by atoms with E-state index < -0.39 is 16.1 Å². The number of carbonyl (C=O) groups excluding carboxylic acids is 1. The minimum absolute atomic E-state index is 0.137. The number of rotatable bonds is 12. The van der Waals surface area contributed by atoms with E-state index >= 15 is 0 Å². The predicted octanol–water partition coefficient (Wildman–Crippen LogP) is 4.43. The van der Waals surface area contributed by atoms with Crippen molar-refractivity contribution < 1.29 is 13.2 Å². The maximum absolute atomic E-state index is 13.0. The number of hydrogen-bond acceptors (Lipinski definition) is 4. The molecule has 0 fully saturated rings. The summed E-state index contributed by atoms with van der Waals surface area (Å²) in [5.41, 5.74) is 2.36. The average molecular weight is 483 g/mol. The third-order valence-corrected chi connectivity index (χ3v) is 7.55. The number of nitrogens with one attached hydrogen (secondary N) is 2. The van der Waals surface area contributed by atoms with Gasteiger partial charge in [-0.15, -0.1) is 0 Å². The summed E-state index contributed by atoms with van der Waals surface area (Å²) in [6, 6.07) is 27.7. The fraction of sp³-hybridized carbons (Fsp3) is 0.269. The highest BCUT2D eigenvalue weighted by atomic mass is 32.2. The van der Waals surface area contributed by atoms with E-state index in [2.05, 4.69) is 34.3 Å². The van der Waals surface area contributed by atoms with Crippen LogP contribution in [0.15, 0.2) is 95.9 Å². The van der Waals surface area contributed by atoms with Crippen LogP contribution in [0, 0.1) is 0 Å². The quantitative estimate of drug-likeness (QED) is 0.401. The topological polar surface area (TPSA) is 75.3 Å². The molecule has 1 amide bonds. The minimum atomic E-state index is -3.78. The summed E-state index contributed by atoms with van der Waals surface area (Å²) in [7, 11) is -3.78. The van der Waals surface area contributed by atoms with E-state index in [0.717, 1.165) is 0 Å².